The van der Waals surface area contributed by atoms with Crippen LogP contribution >= 0.6 is 0 Å². The molecule has 0 bridgehead atoms. The van der Waals surface area contributed by atoms with Gasteiger partial charge in [0.05, 0.1) is 19.4 Å². The van der Waals surface area contributed by atoms with Gasteiger partial charge >= 0.3 is 6.09 Å². The minimum atomic E-state index is -1.21. The van der Waals surface area contributed by atoms with E-state index < -0.39 is 5.60 Å². The molecule has 4 N–H and O–H groups in total. The van der Waals surface area contributed by atoms with Crippen LogP contribution in [-0.2, 0) is 10.3 Å². The van der Waals surface area contributed by atoms with Crippen molar-refractivity contribution in [2.24, 2.45) is 10.7 Å². The number of guanidine groups is 1. The normalized spacial score (nSPS) is 19.0. The lowest BCUT2D eigenvalue weighted by molar-refractivity contribution is 0.0437. The molecule has 1 saturated heterocycles. The molecule has 1 atom stereocenters. The van der Waals surface area contributed by atoms with Gasteiger partial charge in [0.1, 0.15) is 11.4 Å². The summed E-state index contributed by atoms with van der Waals surface area (Å²) in [5.74, 6) is 0.721. The topological polar surface area (TPSA) is 113 Å². The van der Waals surface area contributed by atoms with Crippen LogP contribution in [0.5, 0.6) is 0 Å². The van der Waals surface area contributed by atoms with Gasteiger partial charge < -0.3 is 30.2 Å². The van der Waals surface area contributed by atoms with Crippen molar-refractivity contribution in [3.63, 3.8) is 0 Å². The zero-order valence-electron chi connectivity index (χ0n) is 14.2. The lowest BCUT2D eigenvalue weighted by Crippen LogP contribution is -2.48. The number of rotatable bonds is 5. The largest absolute Gasteiger partial charge is 0.466 e. The van der Waals surface area contributed by atoms with Crippen LogP contribution in [0, 0.1) is 0 Å². The Bertz CT molecular complexity index is 548. The fourth-order valence-corrected chi connectivity index (χ4v) is 2.58. The summed E-state index contributed by atoms with van der Waals surface area (Å²) in [7, 11) is 0. The molecule has 1 amide bonds. The molecule has 8 nitrogen and oxygen atoms in total. The van der Waals surface area contributed by atoms with Crippen LogP contribution in [0.25, 0.3) is 0 Å². The van der Waals surface area contributed by atoms with E-state index in [1.807, 2.05) is 0 Å². The van der Waals surface area contributed by atoms with E-state index in [9.17, 15) is 9.90 Å². The zero-order valence-corrected chi connectivity index (χ0v) is 14.2. The van der Waals surface area contributed by atoms with Crippen molar-refractivity contribution in [1.82, 2.24) is 10.2 Å². The number of carbonyl (C=O) groups excluding carboxylic acids is 1. The van der Waals surface area contributed by atoms with Gasteiger partial charge in [-0.15, -0.1) is 0 Å². The number of likely N-dealkylation sites (tertiary alicyclic amines) is 1. The van der Waals surface area contributed by atoms with Gasteiger partial charge in [-0.2, -0.15) is 0 Å². The maximum atomic E-state index is 11.7. The molecule has 0 saturated carbocycles. The molecular formula is C16H26N4O4. The molecule has 1 fully saturated rings. The Balaban J connectivity index is 1.79. The number of ether oxygens (including phenoxy) is 1. The number of amides is 1. The molecule has 0 aromatic carbocycles. The van der Waals surface area contributed by atoms with E-state index in [1.165, 1.54) is 6.26 Å². The molecule has 0 radical (unpaired) electrons. The van der Waals surface area contributed by atoms with Crippen molar-refractivity contribution in [2.45, 2.75) is 38.3 Å². The van der Waals surface area contributed by atoms with Gasteiger partial charge in [-0.1, -0.05) is 0 Å². The number of furan rings is 1. The van der Waals surface area contributed by atoms with Gasteiger partial charge in [0.25, 0.3) is 0 Å². The van der Waals surface area contributed by atoms with E-state index in [2.05, 4.69) is 10.3 Å². The van der Waals surface area contributed by atoms with E-state index in [0.717, 1.165) is 12.8 Å². The highest BCUT2D eigenvalue weighted by Gasteiger charge is 2.27. The Morgan fingerprint density at radius 2 is 2.29 bits per heavy atom. The van der Waals surface area contributed by atoms with Crippen LogP contribution in [0.4, 0.5) is 4.79 Å². The fourth-order valence-electron chi connectivity index (χ4n) is 2.58. The van der Waals surface area contributed by atoms with Crippen molar-refractivity contribution in [1.29, 1.82) is 0 Å². The maximum absolute atomic E-state index is 11.7. The predicted molar refractivity (Wildman–Crippen MR) is 89.5 cm³/mol. The average molecular weight is 338 g/mol. The first kappa shape index (κ1) is 18.1. The number of hydrogen-bond donors (Lipinski definition) is 3. The number of piperidine rings is 1. The van der Waals surface area contributed by atoms with Gasteiger partial charge in [-0.3, -0.25) is 0 Å². The van der Waals surface area contributed by atoms with Crippen molar-refractivity contribution >= 4 is 12.1 Å². The molecule has 2 heterocycles. The van der Waals surface area contributed by atoms with Crippen LogP contribution in [0.1, 0.15) is 32.4 Å². The average Bonchev–Trinajstić information content (AvgIpc) is 3.09. The number of hydrogen-bond acceptors (Lipinski definition) is 5. The smallest absolute Gasteiger partial charge is 0.409 e. The highest BCUT2D eigenvalue weighted by atomic mass is 16.6. The van der Waals surface area contributed by atoms with Crippen LogP contribution in [0.15, 0.2) is 27.8 Å². The SMILES string of the molecule is CCOC(=O)N1CCC(NC(N)=NCC(C)(O)c2ccco2)CC1. The molecule has 1 aliphatic rings. The van der Waals surface area contributed by atoms with E-state index in [-0.39, 0.29) is 24.6 Å². The summed E-state index contributed by atoms with van der Waals surface area (Å²) in [6.07, 6.45) is 2.77. The van der Waals surface area contributed by atoms with Crippen LogP contribution in [0.3, 0.4) is 0 Å². The summed E-state index contributed by atoms with van der Waals surface area (Å²) in [5, 5.41) is 13.5. The Morgan fingerprint density at radius 3 is 2.88 bits per heavy atom. The third-order valence-electron chi connectivity index (χ3n) is 3.98. The van der Waals surface area contributed by atoms with Gasteiger partial charge in [0.2, 0.25) is 0 Å². The number of carbonyl (C=O) groups is 1. The van der Waals surface area contributed by atoms with E-state index in [4.69, 9.17) is 14.9 Å². The molecule has 2 rings (SSSR count). The monoisotopic (exact) mass is 338 g/mol. The van der Waals surface area contributed by atoms with Gasteiger partial charge in [-0.25, -0.2) is 9.79 Å². The van der Waals surface area contributed by atoms with Crippen LogP contribution in [-0.4, -0.2) is 54.3 Å². The molecular weight excluding hydrogens is 312 g/mol. The van der Waals surface area contributed by atoms with Gasteiger partial charge in [0.15, 0.2) is 5.96 Å². The first-order valence-corrected chi connectivity index (χ1v) is 8.17. The molecule has 0 aliphatic carbocycles. The molecule has 1 aromatic heterocycles. The van der Waals surface area contributed by atoms with Crippen molar-refractivity contribution in [3.05, 3.63) is 24.2 Å². The summed E-state index contributed by atoms with van der Waals surface area (Å²) < 4.78 is 10.2. The Morgan fingerprint density at radius 1 is 1.58 bits per heavy atom. The standard InChI is InChI=1S/C16H26N4O4/c1-3-23-15(21)20-8-6-12(7-9-20)19-14(17)18-11-16(2,22)13-5-4-10-24-13/h4-5,10,12,22H,3,6-9,11H2,1-2H3,(H3,17,18,19). The third kappa shape index (κ3) is 4.89. The predicted octanol–water partition coefficient (Wildman–Crippen LogP) is 1.01. The van der Waals surface area contributed by atoms with E-state index in [1.54, 1.807) is 30.9 Å². The van der Waals surface area contributed by atoms with E-state index >= 15 is 0 Å². The van der Waals surface area contributed by atoms with Crippen molar-refractivity contribution < 1.29 is 19.1 Å². The molecule has 1 aromatic rings. The Hall–Kier alpha value is -2.22. The third-order valence-corrected chi connectivity index (χ3v) is 3.98. The number of nitrogens with zero attached hydrogens (tertiary/aromatic N) is 2. The van der Waals surface area contributed by atoms with Crippen molar-refractivity contribution in [2.75, 3.05) is 26.2 Å². The van der Waals surface area contributed by atoms with Gasteiger partial charge in [-0.05, 0) is 38.8 Å². The van der Waals surface area contributed by atoms with Crippen LogP contribution in [0.2, 0.25) is 0 Å². The van der Waals surface area contributed by atoms with Crippen molar-refractivity contribution in [3.8, 4) is 0 Å². The highest BCUT2D eigenvalue weighted by Crippen LogP contribution is 2.21. The first-order chi connectivity index (χ1) is 11.4. The minimum Gasteiger partial charge on any atom is -0.466 e. The summed E-state index contributed by atoms with van der Waals surface area (Å²) in [5.41, 5.74) is 4.69. The Kier molecular flexibility index (Phi) is 6.08. The fraction of sp³-hybridized carbons (Fsp3) is 0.625. The second-order valence-corrected chi connectivity index (χ2v) is 6.06. The lowest BCUT2D eigenvalue weighted by Gasteiger charge is -2.31. The van der Waals surface area contributed by atoms with Crippen LogP contribution < -0.4 is 11.1 Å². The number of nitrogens with one attached hydrogen (secondary N) is 1. The number of aliphatic hydroxyl groups is 1. The first-order valence-electron chi connectivity index (χ1n) is 8.17. The Labute approximate surface area is 141 Å². The summed E-state index contributed by atoms with van der Waals surface area (Å²) in [4.78, 5) is 17.5. The minimum absolute atomic E-state index is 0.0982. The summed E-state index contributed by atoms with van der Waals surface area (Å²) in [6, 6.07) is 3.56. The number of aliphatic imine (C=N–C) groups is 1. The second kappa shape index (κ2) is 8.05. The number of nitrogens with two attached hydrogens (primary N) is 1. The zero-order chi connectivity index (χ0) is 17.6. The molecule has 134 valence electrons. The molecule has 1 unspecified atom stereocenters. The molecule has 0 spiro atoms. The molecule has 1 aliphatic heterocycles. The summed E-state index contributed by atoms with van der Waals surface area (Å²) >= 11 is 0. The molecule has 24 heavy (non-hydrogen) atoms. The highest BCUT2D eigenvalue weighted by molar-refractivity contribution is 5.78. The molecule has 8 heteroatoms. The summed E-state index contributed by atoms with van der Waals surface area (Å²) in [6.45, 7) is 5.14. The second-order valence-electron chi connectivity index (χ2n) is 6.06. The van der Waals surface area contributed by atoms with E-state index in [0.29, 0.717) is 25.5 Å². The van der Waals surface area contributed by atoms with Gasteiger partial charge in [0, 0.05) is 19.1 Å². The lowest BCUT2D eigenvalue weighted by atomic mass is 10.0. The quantitative estimate of drug-likeness (QED) is 0.545. The maximum Gasteiger partial charge on any atom is 0.409 e.